The van der Waals surface area contributed by atoms with Gasteiger partial charge in [-0.1, -0.05) is 30.3 Å². The van der Waals surface area contributed by atoms with Crippen molar-refractivity contribution in [2.45, 2.75) is 6.54 Å². The third-order valence-electron chi connectivity index (χ3n) is 1.50. The molecule has 0 aliphatic rings. The van der Waals surface area contributed by atoms with Crippen molar-refractivity contribution in [2.24, 2.45) is 0 Å². The van der Waals surface area contributed by atoms with Crippen molar-refractivity contribution >= 4 is 0 Å². The molecule has 3 nitrogen and oxygen atoms in total. The van der Waals surface area contributed by atoms with Crippen molar-refractivity contribution in [3.05, 3.63) is 35.9 Å². The zero-order valence-corrected chi connectivity index (χ0v) is 8.75. The van der Waals surface area contributed by atoms with Crippen LogP contribution in [0.15, 0.2) is 30.3 Å². The van der Waals surface area contributed by atoms with Gasteiger partial charge < -0.3 is 16.1 Å². The smallest absolute Gasteiger partial charge is 0.104 e. The molecule has 0 saturated carbocycles. The van der Waals surface area contributed by atoms with Crippen LogP contribution in [-0.2, 0) is 6.54 Å². The largest absolute Gasteiger partial charge is 0.412 e. The molecule has 76 valence electrons. The number of nitrogens with zero attached hydrogens (tertiary/aromatic N) is 1. The monoisotopic (exact) mass is 185 g/mol. The third kappa shape index (κ3) is 6.28. The highest BCUT2D eigenvalue weighted by Crippen LogP contribution is 2.04. The van der Waals surface area contributed by atoms with E-state index in [1.807, 2.05) is 0 Å². The van der Waals surface area contributed by atoms with Crippen LogP contribution in [0.25, 0.3) is 0 Å². The van der Waals surface area contributed by atoms with Crippen LogP contribution in [0.1, 0.15) is 5.56 Å². The van der Waals surface area contributed by atoms with E-state index < -0.39 is 0 Å². The van der Waals surface area contributed by atoms with E-state index in [-0.39, 0.29) is 11.6 Å². The maximum atomic E-state index is 2.20. The molecule has 0 amide bonds. The lowest BCUT2D eigenvalue weighted by molar-refractivity contribution is -0.884. The topological polar surface area (TPSA) is 66.5 Å². The van der Waals surface area contributed by atoms with Gasteiger partial charge in [-0.2, -0.15) is 0 Å². The maximum Gasteiger partial charge on any atom is 0.104 e. The summed E-state index contributed by atoms with van der Waals surface area (Å²) >= 11 is 0. The van der Waals surface area contributed by atoms with Crippen LogP contribution < -0.4 is 6.15 Å². The van der Waals surface area contributed by atoms with Crippen LogP contribution in [-0.4, -0.2) is 31.1 Å². The van der Waals surface area contributed by atoms with E-state index in [2.05, 4.69) is 51.5 Å². The van der Waals surface area contributed by atoms with Gasteiger partial charge in [0.1, 0.15) is 6.54 Å². The zero-order valence-electron chi connectivity index (χ0n) is 8.75. The van der Waals surface area contributed by atoms with E-state index in [0.29, 0.717) is 0 Å². The fraction of sp³-hybridized carbons (Fsp3) is 0.400. The minimum Gasteiger partial charge on any atom is -0.412 e. The molecular weight excluding hydrogens is 164 g/mol. The molecule has 0 bridgehead atoms. The molecule has 0 saturated heterocycles. The first-order chi connectivity index (χ1) is 5.08. The predicted molar refractivity (Wildman–Crippen MR) is 56.8 cm³/mol. The molecule has 0 aliphatic carbocycles. The van der Waals surface area contributed by atoms with Crippen LogP contribution in [0.5, 0.6) is 0 Å². The van der Waals surface area contributed by atoms with E-state index in [1.165, 1.54) is 5.56 Å². The molecule has 13 heavy (non-hydrogen) atoms. The molecule has 1 aromatic carbocycles. The van der Waals surface area contributed by atoms with Crippen LogP contribution in [0.4, 0.5) is 0 Å². The summed E-state index contributed by atoms with van der Waals surface area (Å²) in [6.45, 7) is 1.10. The predicted octanol–water partition coefficient (Wildman–Crippen LogP) is 1.23. The average molecular weight is 185 g/mol. The summed E-state index contributed by atoms with van der Waals surface area (Å²) in [5.41, 5.74) is 1.40. The lowest BCUT2D eigenvalue weighted by Gasteiger charge is -2.23. The molecule has 0 radical (unpaired) electrons. The molecule has 5 N–H and O–H groups in total. The Morgan fingerprint density at radius 2 is 1.46 bits per heavy atom. The van der Waals surface area contributed by atoms with Crippen LogP contribution in [0.2, 0.25) is 0 Å². The molecule has 0 spiro atoms. The highest BCUT2D eigenvalue weighted by atomic mass is 16.0. The van der Waals surface area contributed by atoms with E-state index >= 15 is 0 Å². The molecule has 0 unspecified atom stereocenters. The Kier molecular flexibility index (Phi) is 6.40. The SMILES string of the molecule is C[N+](C)(C)Cc1ccccc1.N.O. The third-order valence-corrected chi connectivity index (χ3v) is 1.50. The molecule has 1 rings (SSSR count). The number of benzene rings is 1. The van der Waals surface area contributed by atoms with E-state index in [0.717, 1.165) is 11.0 Å². The first-order valence-corrected chi connectivity index (χ1v) is 3.92. The molecular formula is C10H21N2O+. The lowest BCUT2D eigenvalue weighted by Crippen LogP contribution is -2.33. The van der Waals surface area contributed by atoms with Crippen molar-refractivity contribution in [2.75, 3.05) is 21.1 Å². The van der Waals surface area contributed by atoms with Gasteiger partial charge in [-0.15, -0.1) is 0 Å². The Bertz CT molecular complexity index is 216. The standard InChI is InChI=1S/C10H16N.H3N.H2O/c1-11(2,3)9-10-7-5-4-6-8-10;;/h4-8H,9H2,1-3H3;1H3;1H2/q+1;;. The van der Waals surface area contributed by atoms with Crippen molar-refractivity contribution in [1.82, 2.24) is 6.15 Å². The summed E-state index contributed by atoms with van der Waals surface area (Å²) in [6, 6.07) is 10.6. The summed E-state index contributed by atoms with van der Waals surface area (Å²) in [7, 11) is 6.60. The fourth-order valence-electron chi connectivity index (χ4n) is 1.13. The zero-order chi connectivity index (χ0) is 8.32. The van der Waals surface area contributed by atoms with Crippen molar-refractivity contribution in [3.8, 4) is 0 Å². The number of hydrogen-bond donors (Lipinski definition) is 1. The second-order valence-corrected chi connectivity index (χ2v) is 3.93. The second kappa shape index (κ2) is 5.70. The first kappa shape index (κ1) is 14.6. The van der Waals surface area contributed by atoms with Crippen molar-refractivity contribution in [3.63, 3.8) is 0 Å². The van der Waals surface area contributed by atoms with Gasteiger partial charge in [0, 0.05) is 5.56 Å². The summed E-state index contributed by atoms with van der Waals surface area (Å²) in [4.78, 5) is 0. The second-order valence-electron chi connectivity index (χ2n) is 3.93. The maximum absolute atomic E-state index is 2.20. The van der Waals surface area contributed by atoms with Gasteiger partial charge >= 0.3 is 0 Å². The van der Waals surface area contributed by atoms with Crippen LogP contribution in [0.3, 0.4) is 0 Å². The van der Waals surface area contributed by atoms with Crippen molar-refractivity contribution in [1.29, 1.82) is 0 Å². The average Bonchev–Trinajstić information content (AvgIpc) is 1.85. The van der Waals surface area contributed by atoms with E-state index in [9.17, 15) is 0 Å². The van der Waals surface area contributed by atoms with E-state index in [1.54, 1.807) is 0 Å². The van der Waals surface area contributed by atoms with Gasteiger partial charge in [0.25, 0.3) is 0 Å². The lowest BCUT2D eigenvalue weighted by atomic mass is 10.2. The van der Waals surface area contributed by atoms with E-state index in [4.69, 9.17) is 0 Å². The van der Waals surface area contributed by atoms with Gasteiger partial charge in [-0.05, 0) is 0 Å². The van der Waals surface area contributed by atoms with Gasteiger partial charge in [-0.25, -0.2) is 0 Å². The Balaban J connectivity index is 0. The quantitative estimate of drug-likeness (QED) is 0.692. The minimum absolute atomic E-state index is 0. The van der Waals surface area contributed by atoms with Gasteiger partial charge in [0.05, 0.1) is 21.1 Å². The van der Waals surface area contributed by atoms with Crippen molar-refractivity contribution < 1.29 is 9.96 Å². The van der Waals surface area contributed by atoms with Gasteiger partial charge in [-0.3, -0.25) is 0 Å². The number of rotatable bonds is 2. The van der Waals surface area contributed by atoms with Crippen LogP contribution in [0, 0.1) is 0 Å². The summed E-state index contributed by atoms with van der Waals surface area (Å²) < 4.78 is 0.990. The Morgan fingerprint density at radius 3 is 1.85 bits per heavy atom. The summed E-state index contributed by atoms with van der Waals surface area (Å²) in [6.07, 6.45) is 0. The van der Waals surface area contributed by atoms with Gasteiger partial charge in [0.2, 0.25) is 0 Å². The fourth-order valence-corrected chi connectivity index (χ4v) is 1.13. The molecule has 0 heterocycles. The Hall–Kier alpha value is -0.900. The Labute approximate surface area is 80.5 Å². The molecule has 0 aliphatic heterocycles. The highest BCUT2D eigenvalue weighted by Gasteiger charge is 2.06. The molecule has 0 atom stereocenters. The Morgan fingerprint density at radius 1 is 1.00 bits per heavy atom. The normalized spacial score (nSPS) is 9.77. The summed E-state index contributed by atoms with van der Waals surface area (Å²) in [5.74, 6) is 0. The molecule has 0 fully saturated rings. The molecule has 1 aromatic rings. The molecule has 3 heteroatoms. The highest BCUT2D eigenvalue weighted by molar-refractivity contribution is 5.13. The number of hydrogen-bond acceptors (Lipinski definition) is 1. The number of quaternary nitrogens is 1. The summed E-state index contributed by atoms with van der Waals surface area (Å²) in [5, 5.41) is 0. The van der Waals surface area contributed by atoms with Gasteiger partial charge in [0.15, 0.2) is 0 Å². The van der Waals surface area contributed by atoms with Crippen LogP contribution >= 0.6 is 0 Å². The minimum atomic E-state index is 0. The molecule has 0 aromatic heterocycles. The first-order valence-electron chi connectivity index (χ1n) is 3.92.